The van der Waals surface area contributed by atoms with Crippen LogP contribution in [0.3, 0.4) is 0 Å². The van der Waals surface area contributed by atoms with Gasteiger partial charge >= 0.3 is 12.0 Å². The second kappa shape index (κ2) is 9.82. The molecule has 0 radical (unpaired) electrons. The quantitative estimate of drug-likeness (QED) is 0.568. The van der Waals surface area contributed by atoms with E-state index in [1.54, 1.807) is 12.1 Å². The largest absolute Gasteiger partial charge is 0.465 e. The fraction of sp³-hybridized carbons (Fsp3) is 0.529. The second-order valence-electron chi connectivity index (χ2n) is 5.21. The number of carbonyl (C=O) groups is 2. The molecule has 0 fully saturated rings. The minimum absolute atomic E-state index is 0.306. The van der Waals surface area contributed by atoms with E-state index in [0.717, 1.165) is 37.7 Å². The average molecular weight is 306 g/mol. The van der Waals surface area contributed by atoms with E-state index in [0.29, 0.717) is 17.8 Å². The fourth-order valence-corrected chi connectivity index (χ4v) is 2.06. The standard InChI is InChI=1S/C17H26N2O3/c1-4-6-8-13-9-10-15(14(12-13)16(20)22-3)19-17(21)18-11-7-5-2/h9-10,12H,4-8,11H2,1-3H3,(H2,18,19,21). The van der Waals surface area contributed by atoms with Crippen LogP contribution < -0.4 is 10.6 Å². The van der Waals surface area contributed by atoms with E-state index in [4.69, 9.17) is 4.74 Å². The molecule has 0 aliphatic rings. The van der Waals surface area contributed by atoms with Crippen molar-refractivity contribution in [3.63, 3.8) is 0 Å². The summed E-state index contributed by atoms with van der Waals surface area (Å²) < 4.78 is 4.81. The van der Waals surface area contributed by atoms with Gasteiger partial charge in [0.05, 0.1) is 18.4 Å². The molecule has 1 rings (SSSR count). The van der Waals surface area contributed by atoms with Crippen LogP contribution in [0.15, 0.2) is 18.2 Å². The average Bonchev–Trinajstić information content (AvgIpc) is 2.53. The lowest BCUT2D eigenvalue weighted by Gasteiger charge is -2.12. The van der Waals surface area contributed by atoms with Crippen molar-refractivity contribution in [2.24, 2.45) is 0 Å². The molecular weight excluding hydrogens is 280 g/mol. The van der Waals surface area contributed by atoms with E-state index >= 15 is 0 Å². The van der Waals surface area contributed by atoms with Crippen LogP contribution in [0.1, 0.15) is 55.5 Å². The molecule has 22 heavy (non-hydrogen) atoms. The third-order valence-electron chi connectivity index (χ3n) is 3.37. The van der Waals surface area contributed by atoms with E-state index in [1.165, 1.54) is 7.11 Å². The van der Waals surface area contributed by atoms with Crippen molar-refractivity contribution >= 4 is 17.7 Å². The highest BCUT2D eigenvalue weighted by Gasteiger charge is 2.14. The molecule has 1 aromatic carbocycles. The number of carbonyl (C=O) groups excluding carboxylic acids is 2. The maximum absolute atomic E-state index is 11.9. The highest BCUT2D eigenvalue weighted by Crippen LogP contribution is 2.20. The Labute approximate surface area is 132 Å². The minimum Gasteiger partial charge on any atom is -0.465 e. The van der Waals surface area contributed by atoms with Crippen LogP contribution in [0.5, 0.6) is 0 Å². The van der Waals surface area contributed by atoms with Gasteiger partial charge in [-0.1, -0.05) is 32.8 Å². The number of aryl methyl sites for hydroxylation is 1. The molecule has 0 saturated carbocycles. The number of urea groups is 1. The smallest absolute Gasteiger partial charge is 0.339 e. The van der Waals surface area contributed by atoms with Crippen LogP contribution in [0.25, 0.3) is 0 Å². The van der Waals surface area contributed by atoms with Gasteiger partial charge < -0.3 is 15.4 Å². The molecule has 0 aliphatic carbocycles. The molecule has 0 atom stereocenters. The molecule has 1 aromatic rings. The molecule has 0 heterocycles. The third-order valence-corrected chi connectivity index (χ3v) is 3.37. The molecule has 122 valence electrons. The second-order valence-corrected chi connectivity index (χ2v) is 5.21. The lowest BCUT2D eigenvalue weighted by molar-refractivity contribution is 0.0602. The topological polar surface area (TPSA) is 67.4 Å². The van der Waals surface area contributed by atoms with Gasteiger partial charge in [0, 0.05) is 6.54 Å². The van der Waals surface area contributed by atoms with Crippen molar-refractivity contribution in [3.05, 3.63) is 29.3 Å². The summed E-state index contributed by atoms with van der Waals surface area (Å²) in [6.45, 7) is 4.80. The first-order valence-corrected chi connectivity index (χ1v) is 7.88. The summed E-state index contributed by atoms with van der Waals surface area (Å²) in [5.74, 6) is -0.442. The lowest BCUT2D eigenvalue weighted by atomic mass is 10.0. The van der Waals surface area contributed by atoms with Crippen LogP contribution in [0, 0.1) is 0 Å². The number of hydrogen-bond donors (Lipinski definition) is 2. The van der Waals surface area contributed by atoms with Gasteiger partial charge in [0.15, 0.2) is 0 Å². The molecule has 0 aromatic heterocycles. The van der Waals surface area contributed by atoms with Crippen LogP contribution in [-0.4, -0.2) is 25.7 Å². The highest BCUT2D eigenvalue weighted by molar-refractivity contribution is 6.01. The lowest BCUT2D eigenvalue weighted by Crippen LogP contribution is -2.30. The summed E-state index contributed by atoms with van der Waals surface area (Å²) >= 11 is 0. The van der Waals surface area contributed by atoms with E-state index in [-0.39, 0.29) is 6.03 Å². The van der Waals surface area contributed by atoms with Gasteiger partial charge in [-0.05, 0) is 37.0 Å². The first-order chi connectivity index (χ1) is 10.6. The van der Waals surface area contributed by atoms with Gasteiger partial charge in [-0.3, -0.25) is 0 Å². The Morgan fingerprint density at radius 2 is 1.86 bits per heavy atom. The molecule has 0 bridgehead atoms. The molecule has 0 saturated heterocycles. The van der Waals surface area contributed by atoms with Crippen molar-refractivity contribution < 1.29 is 14.3 Å². The molecule has 0 spiro atoms. The summed E-state index contributed by atoms with van der Waals surface area (Å²) in [6, 6.07) is 5.18. The normalized spacial score (nSPS) is 10.1. The van der Waals surface area contributed by atoms with Crippen molar-refractivity contribution in [1.29, 1.82) is 0 Å². The number of unbranched alkanes of at least 4 members (excludes halogenated alkanes) is 2. The Hall–Kier alpha value is -2.04. The summed E-state index contributed by atoms with van der Waals surface area (Å²) in [6.07, 6.45) is 4.99. The van der Waals surface area contributed by atoms with Crippen LogP contribution in [0.4, 0.5) is 10.5 Å². The first kappa shape index (κ1) is 18.0. The zero-order chi connectivity index (χ0) is 16.4. The van der Waals surface area contributed by atoms with Gasteiger partial charge in [0.2, 0.25) is 0 Å². The minimum atomic E-state index is -0.442. The van der Waals surface area contributed by atoms with Crippen molar-refractivity contribution in [2.45, 2.75) is 46.0 Å². The van der Waals surface area contributed by atoms with Gasteiger partial charge in [-0.2, -0.15) is 0 Å². The number of anilines is 1. The number of nitrogens with one attached hydrogen (secondary N) is 2. The fourth-order valence-electron chi connectivity index (χ4n) is 2.06. The molecule has 5 heteroatoms. The van der Waals surface area contributed by atoms with Crippen LogP contribution in [-0.2, 0) is 11.2 Å². The first-order valence-electron chi connectivity index (χ1n) is 7.88. The van der Waals surface area contributed by atoms with Gasteiger partial charge in [0.25, 0.3) is 0 Å². The number of methoxy groups -OCH3 is 1. The van der Waals surface area contributed by atoms with Crippen LogP contribution >= 0.6 is 0 Å². The van der Waals surface area contributed by atoms with Crippen molar-refractivity contribution in [2.75, 3.05) is 19.0 Å². The Balaban J connectivity index is 2.83. The molecule has 5 nitrogen and oxygen atoms in total. The van der Waals surface area contributed by atoms with Gasteiger partial charge in [-0.15, -0.1) is 0 Å². The van der Waals surface area contributed by atoms with Gasteiger partial charge in [0.1, 0.15) is 0 Å². The molecular formula is C17H26N2O3. The predicted octanol–water partition coefficient (Wildman–Crippen LogP) is 3.74. The summed E-state index contributed by atoms with van der Waals surface area (Å²) in [5.41, 5.74) is 1.93. The number of benzene rings is 1. The van der Waals surface area contributed by atoms with E-state index in [9.17, 15) is 9.59 Å². The summed E-state index contributed by atoms with van der Waals surface area (Å²) in [4.78, 5) is 23.7. The number of rotatable bonds is 8. The third kappa shape index (κ3) is 5.76. The SMILES string of the molecule is CCCCNC(=O)Nc1ccc(CCCC)cc1C(=O)OC. The predicted molar refractivity (Wildman–Crippen MR) is 88.3 cm³/mol. The van der Waals surface area contributed by atoms with E-state index in [2.05, 4.69) is 24.5 Å². The maximum atomic E-state index is 11.9. The van der Waals surface area contributed by atoms with E-state index in [1.807, 2.05) is 6.07 Å². The van der Waals surface area contributed by atoms with Crippen molar-refractivity contribution in [1.82, 2.24) is 5.32 Å². The molecule has 2 N–H and O–H groups in total. The highest BCUT2D eigenvalue weighted by atomic mass is 16.5. The zero-order valence-electron chi connectivity index (χ0n) is 13.7. The van der Waals surface area contributed by atoms with Gasteiger partial charge in [-0.25, -0.2) is 9.59 Å². The maximum Gasteiger partial charge on any atom is 0.339 e. The summed E-state index contributed by atoms with van der Waals surface area (Å²) in [7, 11) is 1.34. The Bertz CT molecular complexity index is 501. The summed E-state index contributed by atoms with van der Waals surface area (Å²) in [5, 5.41) is 5.48. The Kier molecular flexibility index (Phi) is 8.04. The molecule has 0 unspecified atom stereocenters. The number of hydrogen-bond acceptors (Lipinski definition) is 3. The van der Waals surface area contributed by atoms with Crippen LogP contribution in [0.2, 0.25) is 0 Å². The molecule has 2 amide bonds. The Morgan fingerprint density at radius 3 is 2.50 bits per heavy atom. The number of amides is 2. The van der Waals surface area contributed by atoms with Crippen molar-refractivity contribution in [3.8, 4) is 0 Å². The zero-order valence-corrected chi connectivity index (χ0v) is 13.7. The van der Waals surface area contributed by atoms with E-state index < -0.39 is 5.97 Å². The number of ether oxygens (including phenoxy) is 1. The Morgan fingerprint density at radius 1 is 1.14 bits per heavy atom. The molecule has 0 aliphatic heterocycles. The number of esters is 1. The monoisotopic (exact) mass is 306 g/mol.